The van der Waals surface area contributed by atoms with Crippen molar-refractivity contribution in [3.8, 4) is 56.7 Å². The van der Waals surface area contributed by atoms with Crippen LogP contribution in [0, 0.1) is 0 Å². The molecule has 2 aliphatic rings. The molecule has 1 aliphatic heterocycles. The average molecular weight is 733 g/mol. The molecule has 3 heterocycles. The van der Waals surface area contributed by atoms with Gasteiger partial charge in [-0.3, -0.25) is 0 Å². The minimum atomic E-state index is -0.439. The predicted octanol–water partition coefficient (Wildman–Crippen LogP) is 12.7. The number of nitrogens with zero attached hydrogens (tertiary/aromatic N) is 4. The van der Waals surface area contributed by atoms with Gasteiger partial charge in [0.05, 0.1) is 16.4 Å². The minimum Gasteiger partial charge on any atom is -0.460 e. The van der Waals surface area contributed by atoms with E-state index in [9.17, 15) is 0 Å². The van der Waals surface area contributed by atoms with Crippen molar-refractivity contribution in [2.45, 2.75) is 18.8 Å². The third-order valence-corrected chi connectivity index (χ3v) is 11.5. The monoisotopic (exact) mass is 732 g/mol. The van der Waals surface area contributed by atoms with E-state index in [0.29, 0.717) is 17.5 Å². The summed E-state index contributed by atoms with van der Waals surface area (Å²) in [6, 6.07) is 61.6. The molecular weight excluding hydrogens is 697 g/mol. The average Bonchev–Trinajstić information content (AvgIpc) is 3.78. The van der Waals surface area contributed by atoms with E-state index < -0.39 is 5.41 Å². The van der Waals surface area contributed by atoms with Crippen molar-refractivity contribution in [3.63, 3.8) is 0 Å². The van der Waals surface area contributed by atoms with Gasteiger partial charge in [-0.2, -0.15) is 0 Å². The number of allylic oxidation sites excluding steroid dienone is 4. The second-order valence-electron chi connectivity index (χ2n) is 15.0. The van der Waals surface area contributed by atoms with Crippen LogP contribution < -0.4 is 4.74 Å². The second-order valence-corrected chi connectivity index (χ2v) is 15.0. The molecule has 0 bridgehead atoms. The van der Waals surface area contributed by atoms with E-state index in [4.69, 9.17) is 19.7 Å². The number of benzene rings is 7. The van der Waals surface area contributed by atoms with Crippen LogP contribution in [0.2, 0.25) is 0 Å². The van der Waals surface area contributed by atoms with E-state index in [-0.39, 0.29) is 0 Å². The van der Waals surface area contributed by atoms with Crippen LogP contribution in [0.25, 0.3) is 78.4 Å². The first-order chi connectivity index (χ1) is 28.1. The number of rotatable bonds is 6. The molecule has 11 rings (SSSR count). The molecule has 0 N–H and O–H groups in total. The van der Waals surface area contributed by atoms with Crippen molar-refractivity contribution in [1.29, 1.82) is 0 Å². The number of hydrogen-bond acceptors (Lipinski definition) is 4. The summed E-state index contributed by atoms with van der Waals surface area (Å²) >= 11 is 0. The van der Waals surface area contributed by atoms with Gasteiger partial charge in [0.15, 0.2) is 17.5 Å². The second kappa shape index (κ2) is 13.1. The lowest BCUT2D eigenvalue weighted by Crippen LogP contribution is -2.25. The van der Waals surface area contributed by atoms with Gasteiger partial charge in [0.1, 0.15) is 11.5 Å². The molecule has 0 radical (unpaired) electrons. The van der Waals surface area contributed by atoms with Gasteiger partial charge in [0.2, 0.25) is 0 Å². The van der Waals surface area contributed by atoms with Crippen molar-refractivity contribution in [1.82, 2.24) is 19.5 Å². The largest absolute Gasteiger partial charge is 0.460 e. The quantitative estimate of drug-likeness (QED) is 0.171. The summed E-state index contributed by atoms with van der Waals surface area (Å²) in [5.41, 5.74) is 11.9. The smallest absolute Gasteiger partial charge is 0.164 e. The van der Waals surface area contributed by atoms with E-state index in [2.05, 4.69) is 133 Å². The molecule has 5 nitrogen and oxygen atoms in total. The predicted molar refractivity (Wildman–Crippen MR) is 231 cm³/mol. The lowest BCUT2D eigenvalue weighted by atomic mass is 9.71. The lowest BCUT2D eigenvalue weighted by Gasteiger charge is -2.30. The number of aromatic nitrogens is 4. The maximum Gasteiger partial charge on any atom is 0.164 e. The summed E-state index contributed by atoms with van der Waals surface area (Å²) in [6.07, 6.45) is 5.15. The molecular formula is C52H36N4O. The Morgan fingerprint density at radius 1 is 0.491 bits per heavy atom. The standard InChI is InChI=1S/C52H36N4O/c1-52-33-39(38-26-30-45-43(32-38)41-20-11-12-22-44(41)56(45)40-28-24-35(25-29-40)34-14-5-2-6-15-34)27-31-47(52)57-46-23-13-21-42(48(46)52)51-54-49(36-16-7-3-8-17-36)53-50(55-51)37-18-9-4-10-19-37/h2-32H,33H2,1H3. The van der Waals surface area contributed by atoms with Crippen molar-refractivity contribution in [3.05, 3.63) is 205 Å². The Kier molecular flexibility index (Phi) is 7.61. The summed E-state index contributed by atoms with van der Waals surface area (Å²) in [5, 5.41) is 2.46. The Labute approximate surface area is 330 Å². The highest BCUT2D eigenvalue weighted by atomic mass is 16.5. The normalized spacial score (nSPS) is 15.8. The van der Waals surface area contributed by atoms with Crippen LogP contribution in [0.1, 0.15) is 24.5 Å². The van der Waals surface area contributed by atoms with Crippen LogP contribution in [0.3, 0.4) is 0 Å². The van der Waals surface area contributed by atoms with Gasteiger partial charge in [0, 0.05) is 38.7 Å². The highest BCUT2D eigenvalue weighted by molar-refractivity contribution is 6.10. The summed E-state index contributed by atoms with van der Waals surface area (Å²) in [4.78, 5) is 15.2. The Balaban J connectivity index is 0.992. The maximum absolute atomic E-state index is 6.65. The maximum atomic E-state index is 6.65. The molecule has 7 aromatic carbocycles. The van der Waals surface area contributed by atoms with E-state index in [1.165, 1.54) is 44.1 Å². The van der Waals surface area contributed by atoms with Crippen LogP contribution in [0.5, 0.6) is 5.75 Å². The molecule has 1 unspecified atom stereocenters. The highest BCUT2D eigenvalue weighted by Gasteiger charge is 2.45. The van der Waals surface area contributed by atoms with E-state index in [0.717, 1.165) is 45.9 Å². The molecule has 0 fully saturated rings. The molecule has 1 aliphatic carbocycles. The molecule has 0 saturated heterocycles. The Morgan fingerprint density at radius 3 is 1.77 bits per heavy atom. The fourth-order valence-corrected chi connectivity index (χ4v) is 8.75. The minimum absolute atomic E-state index is 0.439. The van der Waals surface area contributed by atoms with E-state index >= 15 is 0 Å². The van der Waals surface area contributed by atoms with Crippen molar-refractivity contribution in [2.75, 3.05) is 0 Å². The molecule has 0 saturated carbocycles. The molecule has 1 atom stereocenters. The highest BCUT2D eigenvalue weighted by Crippen LogP contribution is 2.55. The van der Waals surface area contributed by atoms with Gasteiger partial charge in [0.25, 0.3) is 0 Å². The van der Waals surface area contributed by atoms with Gasteiger partial charge in [-0.1, -0.05) is 146 Å². The number of hydrogen-bond donors (Lipinski definition) is 0. The van der Waals surface area contributed by atoms with E-state index in [1.54, 1.807) is 0 Å². The van der Waals surface area contributed by atoms with Gasteiger partial charge >= 0.3 is 0 Å². The molecule has 0 amide bonds. The molecule has 57 heavy (non-hydrogen) atoms. The van der Waals surface area contributed by atoms with Gasteiger partial charge in [-0.05, 0) is 78.1 Å². The number of ether oxygens (including phenoxy) is 1. The third-order valence-electron chi connectivity index (χ3n) is 11.5. The topological polar surface area (TPSA) is 52.8 Å². The first kappa shape index (κ1) is 33.0. The lowest BCUT2D eigenvalue weighted by molar-refractivity contribution is 0.379. The summed E-state index contributed by atoms with van der Waals surface area (Å²) in [7, 11) is 0. The Morgan fingerprint density at radius 2 is 1.07 bits per heavy atom. The van der Waals surface area contributed by atoms with Gasteiger partial charge in [-0.15, -0.1) is 0 Å². The molecule has 2 aromatic heterocycles. The van der Waals surface area contributed by atoms with Gasteiger partial charge < -0.3 is 9.30 Å². The number of fused-ring (bicyclic) bond motifs is 6. The van der Waals surface area contributed by atoms with Crippen LogP contribution in [-0.2, 0) is 5.41 Å². The molecule has 5 heteroatoms. The van der Waals surface area contributed by atoms with Crippen LogP contribution >= 0.6 is 0 Å². The van der Waals surface area contributed by atoms with Crippen LogP contribution in [-0.4, -0.2) is 19.5 Å². The van der Waals surface area contributed by atoms with Crippen LogP contribution in [0.4, 0.5) is 0 Å². The Hall–Kier alpha value is -7.37. The fraction of sp³-hybridized carbons (Fsp3) is 0.0577. The van der Waals surface area contributed by atoms with Crippen molar-refractivity contribution < 1.29 is 4.74 Å². The van der Waals surface area contributed by atoms with Crippen molar-refractivity contribution >= 4 is 27.4 Å². The summed E-state index contributed by atoms with van der Waals surface area (Å²) in [6.45, 7) is 2.29. The van der Waals surface area contributed by atoms with Crippen molar-refractivity contribution in [2.24, 2.45) is 0 Å². The third kappa shape index (κ3) is 5.50. The summed E-state index contributed by atoms with van der Waals surface area (Å²) < 4.78 is 9.03. The Bertz CT molecular complexity index is 3000. The zero-order valence-corrected chi connectivity index (χ0v) is 31.3. The van der Waals surface area contributed by atoms with Crippen LogP contribution in [0.15, 0.2) is 194 Å². The fourth-order valence-electron chi connectivity index (χ4n) is 8.75. The first-order valence-electron chi connectivity index (χ1n) is 19.4. The molecule has 270 valence electrons. The molecule has 0 spiro atoms. The number of para-hydroxylation sites is 1. The SMILES string of the molecule is CC12CC(c3ccc4c(c3)c3ccccc3n4-c3ccc(-c4ccccc4)cc3)=CC=C1Oc1cccc(-c3nc(-c4ccccc4)nc(-c4ccccc4)n3)c12. The van der Waals surface area contributed by atoms with Gasteiger partial charge in [-0.25, -0.2) is 15.0 Å². The molecule has 9 aromatic rings. The summed E-state index contributed by atoms with van der Waals surface area (Å²) in [5.74, 6) is 3.69. The zero-order chi connectivity index (χ0) is 37.9. The first-order valence-corrected chi connectivity index (χ1v) is 19.4. The van der Waals surface area contributed by atoms with E-state index in [1.807, 2.05) is 66.7 Å². The zero-order valence-electron chi connectivity index (χ0n) is 31.3.